The molecule has 10 nitrogen and oxygen atoms in total. The van der Waals surface area contributed by atoms with Crippen molar-refractivity contribution in [3.05, 3.63) is 87.8 Å². The topological polar surface area (TPSA) is 138 Å². The number of benzene rings is 3. The largest absolute Gasteiger partial charge is 0.511 e. The van der Waals surface area contributed by atoms with E-state index >= 15 is 0 Å². The molecule has 184 valence electrons. The highest BCUT2D eigenvalue weighted by Gasteiger charge is 2.17. The molecule has 0 saturated carbocycles. The van der Waals surface area contributed by atoms with Crippen LogP contribution in [-0.4, -0.2) is 33.3 Å². The zero-order valence-electron chi connectivity index (χ0n) is 19.8. The Morgan fingerprint density at radius 1 is 1.03 bits per heavy atom. The number of hydrogen-bond donors (Lipinski definition) is 3. The van der Waals surface area contributed by atoms with Gasteiger partial charge in [-0.3, -0.25) is 9.89 Å². The summed E-state index contributed by atoms with van der Waals surface area (Å²) < 4.78 is 11.3. The number of methoxy groups -OCH3 is 1. The van der Waals surface area contributed by atoms with Crippen molar-refractivity contribution >= 4 is 17.5 Å². The SMILES string of the molecule is COCc1[nH]n(-c2ccc(C)c(C)c2)c(=O)c1N=Nc1cccc(-c2cccc(OC(=O)O)c2)c1O. The number of aromatic hydroxyl groups is 1. The number of carbonyl (C=O) groups is 1. The van der Waals surface area contributed by atoms with Crippen molar-refractivity contribution in [3.8, 4) is 28.3 Å². The van der Waals surface area contributed by atoms with Crippen LogP contribution in [0.2, 0.25) is 0 Å². The lowest BCUT2D eigenvalue weighted by Crippen LogP contribution is -2.14. The highest BCUT2D eigenvalue weighted by atomic mass is 16.7. The van der Waals surface area contributed by atoms with Crippen molar-refractivity contribution in [3.63, 3.8) is 0 Å². The Hall–Kier alpha value is -4.70. The number of phenols is 1. The lowest BCUT2D eigenvalue weighted by molar-refractivity contribution is 0.144. The number of aryl methyl sites for hydroxylation is 2. The van der Waals surface area contributed by atoms with Gasteiger partial charge in [-0.1, -0.05) is 30.3 Å². The highest BCUT2D eigenvalue weighted by molar-refractivity contribution is 5.77. The van der Waals surface area contributed by atoms with Gasteiger partial charge in [0.2, 0.25) is 0 Å². The van der Waals surface area contributed by atoms with Gasteiger partial charge in [-0.2, -0.15) is 0 Å². The Kier molecular flexibility index (Phi) is 6.98. The molecule has 3 N–H and O–H groups in total. The number of aromatic amines is 1. The second-order valence-corrected chi connectivity index (χ2v) is 8.05. The van der Waals surface area contributed by atoms with Crippen LogP contribution in [0.1, 0.15) is 16.8 Å². The molecule has 0 aliphatic heterocycles. The summed E-state index contributed by atoms with van der Waals surface area (Å²) in [6, 6.07) is 16.8. The lowest BCUT2D eigenvalue weighted by atomic mass is 10.0. The molecule has 10 heteroatoms. The van der Waals surface area contributed by atoms with Gasteiger partial charge in [0.05, 0.1) is 18.0 Å². The molecule has 0 aliphatic rings. The van der Waals surface area contributed by atoms with Crippen molar-refractivity contribution in [1.29, 1.82) is 0 Å². The Morgan fingerprint density at radius 3 is 2.53 bits per heavy atom. The van der Waals surface area contributed by atoms with Crippen LogP contribution in [0, 0.1) is 13.8 Å². The molecule has 0 fully saturated rings. The maximum Gasteiger partial charge on any atom is 0.511 e. The average Bonchev–Trinajstić information content (AvgIpc) is 3.15. The molecular weight excluding hydrogens is 464 g/mol. The second kappa shape index (κ2) is 10.3. The Labute approximate surface area is 206 Å². The first-order valence-electron chi connectivity index (χ1n) is 10.9. The molecular formula is C26H24N4O6. The molecule has 0 spiro atoms. The van der Waals surface area contributed by atoms with Crippen LogP contribution in [0.15, 0.2) is 75.7 Å². The number of H-pyrrole nitrogens is 1. The van der Waals surface area contributed by atoms with Crippen LogP contribution in [-0.2, 0) is 11.3 Å². The molecule has 0 unspecified atom stereocenters. The molecule has 0 radical (unpaired) electrons. The smallest absolute Gasteiger partial charge is 0.505 e. The molecule has 0 amide bonds. The van der Waals surface area contributed by atoms with Gasteiger partial charge in [0.15, 0.2) is 11.4 Å². The third-order valence-corrected chi connectivity index (χ3v) is 5.60. The monoisotopic (exact) mass is 488 g/mol. The third-order valence-electron chi connectivity index (χ3n) is 5.60. The number of nitrogens with one attached hydrogen (secondary N) is 1. The summed E-state index contributed by atoms with van der Waals surface area (Å²) in [6.45, 7) is 4.05. The number of para-hydroxylation sites is 1. The van der Waals surface area contributed by atoms with E-state index in [1.165, 1.54) is 23.9 Å². The van der Waals surface area contributed by atoms with Gasteiger partial charge in [0.25, 0.3) is 5.56 Å². The van der Waals surface area contributed by atoms with Crippen molar-refractivity contribution in [1.82, 2.24) is 9.78 Å². The summed E-state index contributed by atoms with van der Waals surface area (Å²) in [6.07, 6.45) is -1.44. The fourth-order valence-electron chi connectivity index (χ4n) is 3.65. The molecule has 3 aromatic carbocycles. The molecule has 4 rings (SSSR count). The summed E-state index contributed by atoms with van der Waals surface area (Å²) in [5, 5.41) is 31.0. The maximum atomic E-state index is 13.2. The van der Waals surface area contributed by atoms with E-state index in [1.807, 2.05) is 32.0 Å². The summed E-state index contributed by atoms with van der Waals surface area (Å²) >= 11 is 0. The van der Waals surface area contributed by atoms with Crippen LogP contribution >= 0.6 is 0 Å². The van der Waals surface area contributed by atoms with Crippen LogP contribution < -0.4 is 10.3 Å². The summed E-state index contributed by atoms with van der Waals surface area (Å²) in [5.41, 5.74) is 3.88. The van der Waals surface area contributed by atoms with E-state index in [9.17, 15) is 14.7 Å². The van der Waals surface area contributed by atoms with E-state index in [0.29, 0.717) is 22.5 Å². The van der Waals surface area contributed by atoms with E-state index in [1.54, 1.807) is 30.3 Å². The van der Waals surface area contributed by atoms with Gasteiger partial charge in [-0.15, -0.1) is 10.2 Å². The number of azo groups is 1. The third kappa shape index (κ3) is 5.03. The minimum Gasteiger partial charge on any atom is -0.505 e. The molecule has 0 aliphatic carbocycles. The molecule has 1 heterocycles. The number of carboxylic acid groups (broad SMARTS) is 1. The first kappa shape index (κ1) is 24.4. The summed E-state index contributed by atoms with van der Waals surface area (Å²) in [7, 11) is 1.50. The fraction of sp³-hybridized carbons (Fsp3) is 0.154. The number of aromatic nitrogens is 2. The van der Waals surface area contributed by atoms with Gasteiger partial charge >= 0.3 is 6.16 Å². The lowest BCUT2D eigenvalue weighted by Gasteiger charge is -2.08. The quantitative estimate of drug-likeness (QED) is 0.171. The first-order valence-corrected chi connectivity index (χ1v) is 10.9. The van der Waals surface area contributed by atoms with Crippen molar-refractivity contribution in [2.24, 2.45) is 10.2 Å². The standard InChI is InChI=1S/C26H24N4O6/c1-15-10-11-18(12-16(15)2)30-25(32)23(22(29-30)14-35-3)28-27-21-9-5-8-20(24(21)31)17-6-4-7-19(13-17)36-26(33)34/h4-13,29,31H,14H2,1-3H3,(H,33,34). The Bertz CT molecular complexity index is 1520. The van der Waals surface area contributed by atoms with Gasteiger partial charge in [-0.05, 0) is 60.9 Å². The van der Waals surface area contributed by atoms with E-state index in [0.717, 1.165) is 11.1 Å². The van der Waals surface area contributed by atoms with E-state index < -0.39 is 11.7 Å². The predicted molar refractivity (Wildman–Crippen MR) is 133 cm³/mol. The van der Waals surface area contributed by atoms with Crippen molar-refractivity contribution < 1.29 is 24.5 Å². The molecule has 0 saturated heterocycles. The van der Waals surface area contributed by atoms with Gasteiger partial charge in [0.1, 0.15) is 11.4 Å². The van der Waals surface area contributed by atoms with Crippen molar-refractivity contribution in [2.45, 2.75) is 20.5 Å². The average molecular weight is 489 g/mol. The highest BCUT2D eigenvalue weighted by Crippen LogP contribution is 2.38. The Morgan fingerprint density at radius 2 is 1.81 bits per heavy atom. The number of phenolic OH excluding ortho intramolecular Hbond substituents is 1. The fourth-order valence-corrected chi connectivity index (χ4v) is 3.65. The summed E-state index contributed by atoms with van der Waals surface area (Å²) in [5.74, 6) is -0.0816. The Balaban J connectivity index is 1.72. The van der Waals surface area contributed by atoms with E-state index in [-0.39, 0.29) is 29.5 Å². The molecule has 0 bridgehead atoms. The normalized spacial score (nSPS) is 11.2. The minimum atomic E-state index is -1.44. The second-order valence-electron chi connectivity index (χ2n) is 8.05. The number of hydrogen-bond acceptors (Lipinski definition) is 7. The minimum absolute atomic E-state index is 0.0525. The van der Waals surface area contributed by atoms with Gasteiger partial charge in [0, 0.05) is 12.7 Å². The van der Waals surface area contributed by atoms with Crippen LogP contribution in [0.3, 0.4) is 0 Å². The molecule has 4 aromatic rings. The predicted octanol–water partition coefficient (Wildman–Crippen LogP) is 5.77. The molecule has 36 heavy (non-hydrogen) atoms. The number of nitrogens with zero attached hydrogens (tertiary/aromatic N) is 3. The van der Waals surface area contributed by atoms with Crippen LogP contribution in [0.25, 0.3) is 16.8 Å². The van der Waals surface area contributed by atoms with Crippen molar-refractivity contribution in [2.75, 3.05) is 7.11 Å². The van der Waals surface area contributed by atoms with Crippen LogP contribution in [0.5, 0.6) is 11.5 Å². The van der Waals surface area contributed by atoms with E-state index in [2.05, 4.69) is 15.3 Å². The number of ether oxygens (including phenoxy) is 2. The van der Waals surface area contributed by atoms with E-state index in [4.69, 9.17) is 14.6 Å². The zero-order chi connectivity index (χ0) is 25.8. The van der Waals surface area contributed by atoms with Gasteiger partial charge in [-0.25, -0.2) is 9.48 Å². The van der Waals surface area contributed by atoms with Crippen LogP contribution in [0.4, 0.5) is 16.2 Å². The number of rotatable bonds is 7. The molecule has 0 atom stereocenters. The van der Waals surface area contributed by atoms with Gasteiger partial charge < -0.3 is 19.7 Å². The molecule has 1 aromatic heterocycles. The summed E-state index contributed by atoms with van der Waals surface area (Å²) in [4.78, 5) is 24.0. The maximum absolute atomic E-state index is 13.2. The first-order chi connectivity index (χ1) is 17.3. The zero-order valence-corrected chi connectivity index (χ0v) is 19.8.